The molecule has 0 aliphatic rings. The van der Waals surface area contributed by atoms with Crippen LogP contribution in [0.4, 0.5) is 0 Å². The predicted octanol–water partition coefficient (Wildman–Crippen LogP) is 3.87. The van der Waals surface area contributed by atoms with Gasteiger partial charge in [0.2, 0.25) is 0 Å². The van der Waals surface area contributed by atoms with E-state index in [9.17, 15) is 10.2 Å². The molecule has 0 aliphatic carbocycles. The molecule has 3 aromatic rings. The average Bonchev–Trinajstić information content (AvgIpc) is 2.89. The third-order valence-corrected chi connectivity index (χ3v) is 5.63. The average molecular weight is 465 g/mol. The first-order valence-electron chi connectivity index (χ1n) is 11.8. The van der Waals surface area contributed by atoms with Gasteiger partial charge in [0.05, 0.1) is 0 Å². The Hall–Kier alpha value is -2.90. The van der Waals surface area contributed by atoms with Crippen molar-refractivity contribution in [3.8, 4) is 11.5 Å². The molecule has 0 radical (unpaired) electrons. The summed E-state index contributed by atoms with van der Waals surface area (Å²) in [6.45, 7) is 5.40. The fourth-order valence-electron chi connectivity index (χ4n) is 3.48. The van der Waals surface area contributed by atoms with Gasteiger partial charge in [-0.3, -0.25) is 0 Å². The van der Waals surface area contributed by atoms with Crippen molar-refractivity contribution in [3.63, 3.8) is 0 Å². The van der Waals surface area contributed by atoms with Gasteiger partial charge in [-0.2, -0.15) is 0 Å². The van der Waals surface area contributed by atoms with Crippen LogP contribution in [0.5, 0.6) is 11.5 Å². The fraction of sp³-hybridized carbons (Fsp3) is 0.357. The van der Waals surface area contributed by atoms with Gasteiger partial charge in [-0.15, -0.1) is 0 Å². The first-order valence-corrected chi connectivity index (χ1v) is 11.8. The highest BCUT2D eigenvalue weighted by atomic mass is 16.5. The van der Waals surface area contributed by atoms with Crippen molar-refractivity contribution in [1.29, 1.82) is 0 Å². The molecule has 4 atom stereocenters. The Balaban J connectivity index is 1.32. The second kappa shape index (κ2) is 13.7. The Morgan fingerprint density at radius 1 is 0.588 bits per heavy atom. The highest BCUT2D eigenvalue weighted by molar-refractivity contribution is 5.31. The Bertz CT molecular complexity index is 859. The van der Waals surface area contributed by atoms with Crippen LogP contribution in [0, 0.1) is 0 Å². The second-order valence-corrected chi connectivity index (χ2v) is 8.48. The lowest BCUT2D eigenvalue weighted by Gasteiger charge is -2.18. The molecule has 0 heterocycles. The molecular weight excluding hydrogens is 428 g/mol. The first-order chi connectivity index (χ1) is 16.5. The molecule has 34 heavy (non-hydrogen) atoms. The van der Waals surface area contributed by atoms with Gasteiger partial charge in [-0.1, -0.05) is 60.7 Å². The summed E-state index contributed by atoms with van der Waals surface area (Å²) in [6.07, 6.45) is -1.24. The Labute approximate surface area is 202 Å². The van der Waals surface area contributed by atoms with Gasteiger partial charge in [-0.05, 0) is 49.2 Å². The lowest BCUT2D eigenvalue weighted by Crippen LogP contribution is -2.33. The number of rotatable bonds is 14. The highest BCUT2D eigenvalue weighted by Crippen LogP contribution is 2.18. The van der Waals surface area contributed by atoms with Crippen LogP contribution in [0.15, 0.2) is 84.9 Å². The second-order valence-electron chi connectivity index (χ2n) is 8.48. The van der Waals surface area contributed by atoms with Crippen molar-refractivity contribution < 1.29 is 19.7 Å². The smallest absolute Gasteiger partial charge is 0.119 e. The zero-order chi connectivity index (χ0) is 24.2. The summed E-state index contributed by atoms with van der Waals surface area (Å²) >= 11 is 0. The molecule has 0 amide bonds. The van der Waals surface area contributed by atoms with Crippen LogP contribution >= 0.6 is 0 Å². The number of hydrogen-bond acceptors (Lipinski definition) is 6. The summed E-state index contributed by atoms with van der Waals surface area (Å²) in [5, 5.41) is 27.1. The molecule has 3 aromatic carbocycles. The number of benzene rings is 3. The van der Waals surface area contributed by atoms with E-state index < -0.39 is 12.2 Å². The van der Waals surface area contributed by atoms with Crippen molar-refractivity contribution in [2.24, 2.45) is 0 Å². The van der Waals surface area contributed by atoms with E-state index >= 15 is 0 Å². The Morgan fingerprint density at radius 3 is 1.29 bits per heavy atom. The van der Waals surface area contributed by atoms with Crippen molar-refractivity contribution in [2.75, 3.05) is 26.3 Å². The molecule has 0 fully saturated rings. The van der Waals surface area contributed by atoms with Crippen molar-refractivity contribution in [3.05, 3.63) is 96.1 Å². The van der Waals surface area contributed by atoms with Crippen LogP contribution in [0.3, 0.4) is 0 Å². The van der Waals surface area contributed by atoms with Gasteiger partial charge < -0.3 is 30.3 Å². The Morgan fingerprint density at radius 2 is 0.941 bits per heavy atom. The third-order valence-electron chi connectivity index (χ3n) is 5.63. The van der Waals surface area contributed by atoms with Crippen LogP contribution in [-0.2, 0) is 0 Å². The molecule has 0 aliphatic heterocycles. The van der Waals surface area contributed by atoms with Gasteiger partial charge in [0.15, 0.2) is 0 Å². The van der Waals surface area contributed by atoms with Gasteiger partial charge in [0, 0.05) is 25.2 Å². The molecule has 0 bridgehead atoms. The molecule has 0 saturated carbocycles. The Kier molecular flexibility index (Phi) is 10.4. The number of nitrogens with one attached hydrogen (secondary N) is 2. The predicted molar refractivity (Wildman–Crippen MR) is 135 cm³/mol. The SMILES string of the molecule is C[C@H](NC[C@@H](O)COc1ccc(OC[C@H](O)CN[C@H](C)c2ccccc2)cc1)c1ccccc1. The zero-order valence-corrected chi connectivity index (χ0v) is 19.9. The van der Waals surface area contributed by atoms with Gasteiger partial charge >= 0.3 is 0 Å². The standard InChI is InChI=1S/C28H36N2O4/c1-21(23-9-5-3-6-10-23)29-17-25(31)19-33-27-13-15-28(16-14-27)34-20-26(32)18-30-22(2)24-11-7-4-8-12-24/h3-16,21-22,25-26,29-32H,17-20H2,1-2H3/t21-,22+,25-,26-/m1/s1. The fourth-order valence-corrected chi connectivity index (χ4v) is 3.48. The van der Waals surface area contributed by atoms with Crippen molar-refractivity contribution in [1.82, 2.24) is 10.6 Å². The van der Waals surface area contributed by atoms with E-state index in [-0.39, 0.29) is 25.3 Å². The van der Waals surface area contributed by atoms with E-state index in [4.69, 9.17) is 9.47 Å². The minimum Gasteiger partial charge on any atom is -0.491 e. The van der Waals surface area contributed by atoms with Crippen molar-refractivity contribution >= 4 is 0 Å². The van der Waals surface area contributed by atoms with Crippen LogP contribution < -0.4 is 20.1 Å². The van der Waals surface area contributed by atoms with E-state index in [0.717, 1.165) is 0 Å². The van der Waals surface area contributed by atoms with Crippen LogP contribution in [-0.4, -0.2) is 48.7 Å². The maximum atomic E-state index is 10.2. The molecule has 0 unspecified atom stereocenters. The number of hydrogen-bond donors (Lipinski definition) is 4. The normalized spacial score (nSPS) is 14.7. The van der Waals surface area contributed by atoms with Crippen LogP contribution in [0.1, 0.15) is 37.1 Å². The summed E-state index contributed by atoms with van der Waals surface area (Å²) in [4.78, 5) is 0. The topological polar surface area (TPSA) is 83.0 Å². The summed E-state index contributed by atoms with van der Waals surface area (Å²) < 4.78 is 11.4. The molecule has 0 saturated heterocycles. The van der Waals surface area contributed by atoms with Gasteiger partial charge in [0.25, 0.3) is 0 Å². The molecule has 4 N–H and O–H groups in total. The lowest BCUT2D eigenvalue weighted by atomic mass is 10.1. The highest BCUT2D eigenvalue weighted by Gasteiger charge is 2.11. The maximum Gasteiger partial charge on any atom is 0.119 e. The molecule has 0 aromatic heterocycles. The molecule has 0 spiro atoms. The molecule has 6 heteroatoms. The molecule has 6 nitrogen and oxygen atoms in total. The lowest BCUT2D eigenvalue weighted by molar-refractivity contribution is 0.102. The third kappa shape index (κ3) is 8.80. The van der Waals surface area contributed by atoms with E-state index in [0.29, 0.717) is 24.6 Å². The van der Waals surface area contributed by atoms with E-state index in [1.807, 2.05) is 36.4 Å². The minimum absolute atomic E-state index is 0.152. The summed E-state index contributed by atoms with van der Waals surface area (Å²) in [5.41, 5.74) is 2.36. The number of aliphatic hydroxyl groups excluding tert-OH is 2. The summed E-state index contributed by atoms with van der Waals surface area (Å²) in [7, 11) is 0. The zero-order valence-electron chi connectivity index (χ0n) is 19.9. The number of ether oxygens (including phenoxy) is 2. The minimum atomic E-state index is -0.622. The number of aliphatic hydroxyl groups is 2. The summed E-state index contributed by atoms with van der Waals surface area (Å²) in [6, 6.07) is 27.7. The van der Waals surface area contributed by atoms with Gasteiger partial charge in [0.1, 0.15) is 36.9 Å². The van der Waals surface area contributed by atoms with E-state index in [1.165, 1.54) is 11.1 Å². The summed E-state index contributed by atoms with van der Waals surface area (Å²) in [5.74, 6) is 1.31. The molecule has 182 valence electrons. The quantitative estimate of drug-likeness (QED) is 0.290. The van der Waals surface area contributed by atoms with E-state index in [1.54, 1.807) is 24.3 Å². The molecular formula is C28H36N2O4. The van der Waals surface area contributed by atoms with E-state index in [2.05, 4.69) is 48.7 Å². The molecule has 3 rings (SSSR count). The van der Waals surface area contributed by atoms with Crippen molar-refractivity contribution in [2.45, 2.75) is 38.1 Å². The largest absolute Gasteiger partial charge is 0.491 e. The first kappa shape index (κ1) is 25.7. The van der Waals surface area contributed by atoms with Crippen LogP contribution in [0.25, 0.3) is 0 Å². The monoisotopic (exact) mass is 464 g/mol. The van der Waals surface area contributed by atoms with Crippen LogP contribution in [0.2, 0.25) is 0 Å². The maximum absolute atomic E-state index is 10.2. The van der Waals surface area contributed by atoms with Gasteiger partial charge in [-0.25, -0.2) is 0 Å².